The van der Waals surface area contributed by atoms with Gasteiger partial charge in [-0.3, -0.25) is 14.9 Å². The predicted octanol–water partition coefficient (Wildman–Crippen LogP) is 3.43. The zero-order valence-electron chi connectivity index (χ0n) is 16.0. The molecule has 3 aromatic rings. The number of hydrogen-bond donors (Lipinski definition) is 3. The van der Waals surface area contributed by atoms with Crippen LogP contribution in [-0.4, -0.2) is 30.6 Å². The Bertz CT molecular complexity index is 1020. The maximum atomic E-state index is 12.1. The summed E-state index contributed by atoms with van der Waals surface area (Å²) in [6, 6.07) is 17.1. The van der Waals surface area contributed by atoms with Gasteiger partial charge < -0.3 is 24.5 Å². The Morgan fingerprint density at radius 3 is 2.53 bits per heavy atom. The van der Waals surface area contributed by atoms with E-state index >= 15 is 0 Å². The minimum absolute atomic E-state index is 0.0597. The average Bonchev–Trinajstić information content (AvgIpc) is 3.28. The topological polar surface area (TPSA) is 102 Å². The van der Waals surface area contributed by atoms with Crippen LogP contribution < -0.4 is 25.4 Å². The molecule has 0 unspecified atom stereocenters. The monoisotopic (exact) mass is 425 g/mol. The second-order valence-electron chi connectivity index (χ2n) is 5.95. The number of rotatable bonds is 7. The summed E-state index contributed by atoms with van der Waals surface area (Å²) in [5, 5.41) is 8.18. The van der Waals surface area contributed by atoms with Gasteiger partial charge in [-0.05, 0) is 54.7 Å². The van der Waals surface area contributed by atoms with Crippen molar-refractivity contribution in [1.82, 2.24) is 5.32 Å². The number of thiocarbonyl (C=S) groups is 1. The molecule has 0 fully saturated rings. The van der Waals surface area contributed by atoms with Gasteiger partial charge in [-0.15, -0.1) is 0 Å². The van der Waals surface area contributed by atoms with Crippen LogP contribution in [0.2, 0.25) is 0 Å². The summed E-state index contributed by atoms with van der Waals surface area (Å²) in [4.78, 5) is 24.2. The van der Waals surface area contributed by atoms with Crippen LogP contribution in [-0.2, 0) is 4.79 Å². The summed E-state index contributed by atoms with van der Waals surface area (Å²) in [6.45, 7) is -0.192. The van der Waals surface area contributed by atoms with E-state index in [1.807, 2.05) is 18.2 Å². The van der Waals surface area contributed by atoms with E-state index in [2.05, 4.69) is 16.0 Å². The van der Waals surface area contributed by atoms with Gasteiger partial charge in [-0.2, -0.15) is 0 Å². The van der Waals surface area contributed by atoms with Gasteiger partial charge >= 0.3 is 0 Å². The molecule has 2 amide bonds. The number of nitrogens with one attached hydrogen (secondary N) is 3. The number of hydrogen-bond acceptors (Lipinski definition) is 6. The summed E-state index contributed by atoms with van der Waals surface area (Å²) in [5.41, 5.74) is 0.949. The van der Waals surface area contributed by atoms with Crippen LogP contribution >= 0.6 is 12.2 Å². The Morgan fingerprint density at radius 2 is 1.83 bits per heavy atom. The van der Waals surface area contributed by atoms with Crippen LogP contribution in [0, 0.1) is 0 Å². The largest absolute Gasteiger partial charge is 0.495 e. The first-order chi connectivity index (χ1) is 14.5. The molecule has 8 nitrogen and oxygen atoms in total. The summed E-state index contributed by atoms with van der Waals surface area (Å²) < 4.78 is 15.8. The minimum Gasteiger partial charge on any atom is -0.495 e. The van der Waals surface area contributed by atoms with E-state index in [4.69, 9.17) is 26.1 Å². The number of anilines is 2. The maximum Gasteiger partial charge on any atom is 0.291 e. The first kappa shape index (κ1) is 20.9. The first-order valence-electron chi connectivity index (χ1n) is 8.86. The number of furan rings is 1. The standard InChI is InChI=1S/C21H19N3O5S/c1-27-17-10-9-14(22-20(26)18-8-5-11-28-18)12-16(17)23-21(30)24-19(25)13-29-15-6-3-2-4-7-15/h2-12H,13H2,1H3,(H,22,26)(H2,23,24,25,30). The summed E-state index contributed by atoms with van der Waals surface area (Å²) in [7, 11) is 1.50. The second-order valence-corrected chi connectivity index (χ2v) is 6.36. The van der Waals surface area contributed by atoms with Crippen molar-refractivity contribution >= 4 is 40.5 Å². The number of benzene rings is 2. The summed E-state index contributed by atoms with van der Waals surface area (Å²) in [6.07, 6.45) is 1.42. The molecule has 3 N–H and O–H groups in total. The van der Waals surface area contributed by atoms with Gasteiger partial charge in [-0.25, -0.2) is 0 Å². The molecule has 0 radical (unpaired) electrons. The van der Waals surface area contributed by atoms with Crippen LogP contribution in [0.1, 0.15) is 10.6 Å². The molecule has 0 saturated carbocycles. The van der Waals surface area contributed by atoms with Crippen molar-refractivity contribution in [3.63, 3.8) is 0 Å². The lowest BCUT2D eigenvalue weighted by atomic mass is 10.2. The number of amides is 2. The van der Waals surface area contributed by atoms with Crippen LogP contribution in [0.3, 0.4) is 0 Å². The Kier molecular flexibility index (Phi) is 7.01. The first-order valence-corrected chi connectivity index (χ1v) is 9.27. The van der Waals surface area contributed by atoms with Gasteiger partial charge in [-0.1, -0.05) is 18.2 Å². The third-order valence-electron chi connectivity index (χ3n) is 3.82. The molecule has 0 bridgehead atoms. The highest BCUT2D eigenvalue weighted by Crippen LogP contribution is 2.28. The van der Waals surface area contributed by atoms with E-state index in [1.165, 1.54) is 13.4 Å². The smallest absolute Gasteiger partial charge is 0.291 e. The molecule has 154 valence electrons. The molecule has 0 aliphatic rings. The molecule has 0 aliphatic carbocycles. The Morgan fingerprint density at radius 1 is 1.03 bits per heavy atom. The molecular formula is C21H19N3O5S. The predicted molar refractivity (Wildman–Crippen MR) is 116 cm³/mol. The molecular weight excluding hydrogens is 406 g/mol. The molecule has 9 heteroatoms. The highest BCUT2D eigenvalue weighted by molar-refractivity contribution is 7.80. The third kappa shape index (κ3) is 5.82. The minimum atomic E-state index is -0.419. The molecule has 0 aliphatic heterocycles. The van der Waals surface area contributed by atoms with Crippen molar-refractivity contribution in [2.45, 2.75) is 0 Å². The molecule has 0 atom stereocenters. The zero-order valence-corrected chi connectivity index (χ0v) is 16.8. The fourth-order valence-corrected chi connectivity index (χ4v) is 2.69. The number of para-hydroxylation sites is 1. The summed E-state index contributed by atoms with van der Waals surface area (Å²) >= 11 is 5.19. The Labute approximate surface area is 178 Å². The number of carbonyl (C=O) groups is 2. The van der Waals surface area contributed by atoms with Crippen molar-refractivity contribution in [1.29, 1.82) is 0 Å². The lowest BCUT2D eigenvalue weighted by molar-refractivity contribution is -0.121. The van der Waals surface area contributed by atoms with E-state index in [0.29, 0.717) is 22.9 Å². The van der Waals surface area contributed by atoms with E-state index < -0.39 is 11.8 Å². The second kappa shape index (κ2) is 10.1. The van der Waals surface area contributed by atoms with Crippen LogP contribution in [0.25, 0.3) is 0 Å². The van der Waals surface area contributed by atoms with E-state index in [9.17, 15) is 9.59 Å². The van der Waals surface area contributed by atoms with Crippen LogP contribution in [0.4, 0.5) is 11.4 Å². The van der Waals surface area contributed by atoms with Gasteiger partial charge in [0.1, 0.15) is 11.5 Å². The number of ether oxygens (including phenoxy) is 2. The maximum absolute atomic E-state index is 12.1. The van der Waals surface area contributed by atoms with Crippen molar-refractivity contribution < 1.29 is 23.5 Å². The molecule has 1 aromatic heterocycles. The molecule has 0 spiro atoms. The lowest BCUT2D eigenvalue weighted by Crippen LogP contribution is -2.37. The Balaban J connectivity index is 1.59. The van der Waals surface area contributed by atoms with Crippen LogP contribution in [0.15, 0.2) is 71.3 Å². The normalized spacial score (nSPS) is 10.0. The lowest BCUT2D eigenvalue weighted by Gasteiger charge is -2.14. The van der Waals surface area contributed by atoms with Crippen LogP contribution in [0.5, 0.6) is 11.5 Å². The van der Waals surface area contributed by atoms with Gasteiger partial charge in [0.25, 0.3) is 11.8 Å². The van der Waals surface area contributed by atoms with Gasteiger partial charge in [0.2, 0.25) is 0 Å². The van der Waals surface area contributed by atoms with E-state index in [1.54, 1.807) is 42.5 Å². The third-order valence-corrected chi connectivity index (χ3v) is 4.02. The van der Waals surface area contributed by atoms with Gasteiger partial charge in [0, 0.05) is 5.69 Å². The van der Waals surface area contributed by atoms with Crippen molar-refractivity contribution in [3.05, 3.63) is 72.7 Å². The Hall–Kier alpha value is -3.85. The van der Waals surface area contributed by atoms with Gasteiger partial charge in [0.15, 0.2) is 17.5 Å². The zero-order chi connectivity index (χ0) is 21.3. The van der Waals surface area contributed by atoms with E-state index in [0.717, 1.165) is 0 Å². The number of methoxy groups -OCH3 is 1. The average molecular weight is 425 g/mol. The van der Waals surface area contributed by atoms with Gasteiger partial charge in [0.05, 0.1) is 19.1 Å². The molecule has 30 heavy (non-hydrogen) atoms. The van der Waals surface area contributed by atoms with Crippen molar-refractivity contribution in [3.8, 4) is 11.5 Å². The number of carbonyl (C=O) groups excluding carboxylic acids is 2. The summed E-state index contributed by atoms with van der Waals surface area (Å²) in [5.74, 6) is 0.417. The fourth-order valence-electron chi connectivity index (χ4n) is 2.47. The van der Waals surface area contributed by atoms with Crippen molar-refractivity contribution in [2.24, 2.45) is 0 Å². The molecule has 1 heterocycles. The van der Waals surface area contributed by atoms with Crippen molar-refractivity contribution in [2.75, 3.05) is 24.4 Å². The molecule has 2 aromatic carbocycles. The highest BCUT2D eigenvalue weighted by atomic mass is 32.1. The molecule has 0 saturated heterocycles. The SMILES string of the molecule is COc1ccc(NC(=O)c2ccco2)cc1NC(=S)NC(=O)COc1ccccc1. The fraction of sp³-hybridized carbons (Fsp3) is 0.0952. The van der Waals surface area contributed by atoms with E-state index in [-0.39, 0.29) is 17.5 Å². The molecule has 3 rings (SSSR count). The quantitative estimate of drug-likeness (QED) is 0.499. The highest BCUT2D eigenvalue weighted by Gasteiger charge is 2.13.